The normalized spacial score (nSPS) is 11.7. The van der Waals surface area contributed by atoms with Crippen LogP contribution in [0.3, 0.4) is 0 Å². The summed E-state index contributed by atoms with van der Waals surface area (Å²) < 4.78 is 41.0. The summed E-state index contributed by atoms with van der Waals surface area (Å²) in [4.78, 5) is 3.20. The van der Waals surface area contributed by atoms with Gasteiger partial charge in [0.2, 0.25) is 5.89 Å². The highest BCUT2D eigenvalue weighted by Crippen LogP contribution is 2.27. The lowest BCUT2D eigenvalue weighted by Gasteiger charge is -1.99. The van der Waals surface area contributed by atoms with Gasteiger partial charge in [0.05, 0.1) is 6.42 Å². The van der Waals surface area contributed by atoms with Gasteiger partial charge in [0, 0.05) is 5.56 Å². The number of alkyl halides is 3. The third-order valence-electron chi connectivity index (χ3n) is 2.05. The van der Waals surface area contributed by atoms with Gasteiger partial charge in [-0.1, -0.05) is 23.4 Å². The molecular formula is C10H7F3N2O2. The minimum absolute atomic E-state index is 0.0285. The minimum atomic E-state index is -4.62. The fourth-order valence-corrected chi connectivity index (χ4v) is 1.27. The maximum absolute atomic E-state index is 12.2. The van der Waals surface area contributed by atoms with E-state index >= 15 is 0 Å². The molecule has 0 aliphatic rings. The van der Waals surface area contributed by atoms with Gasteiger partial charge < -0.3 is 9.63 Å². The Morgan fingerprint density at radius 3 is 2.53 bits per heavy atom. The van der Waals surface area contributed by atoms with Crippen molar-refractivity contribution in [3.63, 3.8) is 0 Å². The van der Waals surface area contributed by atoms with Gasteiger partial charge >= 0.3 is 6.18 Å². The van der Waals surface area contributed by atoms with Crippen LogP contribution in [-0.4, -0.2) is 15.2 Å². The largest absolute Gasteiger partial charge is 0.508 e. The van der Waals surface area contributed by atoms with Gasteiger partial charge in [-0.15, -0.1) is 0 Å². The van der Waals surface area contributed by atoms with Gasteiger partial charge in [-0.25, -0.2) is 0 Å². The lowest BCUT2D eigenvalue weighted by molar-refractivity contribution is -0.146. The van der Waals surface area contributed by atoms with E-state index in [9.17, 15) is 18.3 Å². The molecule has 0 spiro atoms. The number of aromatic hydroxyl groups is 1. The smallest absolute Gasteiger partial charge is 0.455 e. The zero-order chi connectivity index (χ0) is 12.5. The van der Waals surface area contributed by atoms with Crippen molar-refractivity contribution >= 4 is 0 Å². The molecule has 0 aliphatic heterocycles. The number of para-hydroxylation sites is 1. The van der Waals surface area contributed by atoms with Crippen LogP contribution in [0.25, 0.3) is 0 Å². The number of hydrogen-bond acceptors (Lipinski definition) is 4. The molecule has 2 aromatic rings. The number of phenols is 1. The predicted octanol–water partition coefficient (Wildman–Crippen LogP) is 2.38. The Morgan fingerprint density at radius 2 is 1.94 bits per heavy atom. The highest BCUT2D eigenvalue weighted by Gasteiger charge is 2.37. The lowest BCUT2D eigenvalue weighted by Crippen LogP contribution is -2.07. The van der Waals surface area contributed by atoms with E-state index in [4.69, 9.17) is 0 Å². The average molecular weight is 244 g/mol. The fraction of sp³-hybridized carbons (Fsp3) is 0.200. The molecule has 17 heavy (non-hydrogen) atoms. The second-order valence-corrected chi connectivity index (χ2v) is 3.31. The molecule has 0 atom stereocenters. The standard InChI is InChI=1S/C10H7F3N2O2/c11-10(12,13)9-14-8(17-15-9)5-6-3-1-2-4-7(6)16/h1-4,16H,5H2. The zero-order valence-electron chi connectivity index (χ0n) is 8.40. The Hall–Kier alpha value is -2.05. The molecule has 0 aliphatic carbocycles. The van der Waals surface area contributed by atoms with Gasteiger partial charge in [-0.05, 0) is 6.07 Å². The molecule has 0 fully saturated rings. The van der Waals surface area contributed by atoms with Crippen molar-refractivity contribution in [1.82, 2.24) is 10.1 Å². The van der Waals surface area contributed by atoms with Crippen LogP contribution >= 0.6 is 0 Å². The van der Waals surface area contributed by atoms with E-state index in [0.29, 0.717) is 5.56 Å². The van der Waals surface area contributed by atoms with Gasteiger partial charge in [-0.3, -0.25) is 0 Å². The first-order valence-corrected chi connectivity index (χ1v) is 4.63. The van der Waals surface area contributed by atoms with E-state index in [1.165, 1.54) is 6.07 Å². The lowest BCUT2D eigenvalue weighted by atomic mass is 10.1. The van der Waals surface area contributed by atoms with Crippen molar-refractivity contribution in [3.05, 3.63) is 41.5 Å². The molecule has 1 aromatic carbocycles. The van der Waals surface area contributed by atoms with E-state index in [2.05, 4.69) is 14.7 Å². The van der Waals surface area contributed by atoms with Crippen molar-refractivity contribution < 1.29 is 22.8 Å². The van der Waals surface area contributed by atoms with E-state index in [-0.39, 0.29) is 18.1 Å². The Morgan fingerprint density at radius 1 is 1.24 bits per heavy atom. The van der Waals surface area contributed by atoms with Crippen molar-refractivity contribution in [2.45, 2.75) is 12.6 Å². The Balaban J connectivity index is 2.21. The number of aromatic nitrogens is 2. The first kappa shape index (κ1) is 11.4. The quantitative estimate of drug-likeness (QED) is 0.881. The van der Waals surface area contributed by atoms with Crippen LogP contribution in [0, 0.1) is 0 Å². The number of halogens is 3. The number of phenolic OH excluding ortho intramolecular Hbond substituents is 1. The Kier molecular flexibility index (Phi) is 2.74. The maximum atomic E-state index is 12.2. The molecule has 1 N–H and O–H groups in total. The van der Waals surface area contributed by atoms with Crippen LogP contribution in [-0.2, 0) is 12.6 Å². The summed E-state index contributed by atoms with van der Waals surface area (Å²) >= 11 is 0. The van der Waals surface area contributed by atoms with Crippen molar-refractivity contribution in [3.8, 4) is 5.75 Å². The summed E-state index contributed by atoms with van der Waals surface area (Å²) in [6, 6.07) is 6.24. The topological polar surface area (TPSA) is 59.2 Å². The Labute approximate surface area is 93.7 Å². The first-order valence-electron chi connectivity index (χ1n) is 4.63. The molecule has 0 bridgehead atoms. The van der Waals surface area contributed by atoms with Crippen LogP contribution in [0.4, 0.5) is 13.2 Å². The molecule has 1 aromatic heterocycles. The summed E-state index contributed by atoms with van der Waals surface area (Å²) in [6.07, 6.45) is -4.67. The van der Waals surface area contributed by atoms with Crippen LogP contribution < -0.4 is 0 Å². The maximum Gasteiger partial charge on any atom is 0.455 e. The van der Waals surface area contributed by atoms with Crippen LogP contribution in [0.5, 0.6) is 5.75 Å². The molecule has 2 rings (SSSR count). The SMILES string of the molecule is Oc1ccccc1Cc1nc(C(F)(F)F)no1. The van der Waals surface area contributed by atoms with Crippen molar-refractivity contribution in [1.29, 1.82) is 0 Å². The van der Waals surface area contributed by atoms with E-state index in [1.807, 2.05) is 0 Å². The highest BCUT2D eigenvalue weighted by molar-refractivity contribution is 5.33. The zero-order valence-corrected chi connectivity index (χ0v) is 8.40. The molecular weight excluding hydrogens is 237 g/mol. The minimum Gasteiger partial charge on any atom is -0.508 e. The molecule has 7 heteroatoms. The third-order valence-corrected chi connectivity index (χ3v) is 2.05. The highest BCUT2D eigenvalue weighted by atomic mass is 19.4. The van der Waals surface area contributed by atoms with Crippen LogP contribution in [0.2, 0.25) is 0 Å². The summed E-state index contributed by atoms with van der Waals surface area (Å²) in [6.45, 7) is 0. The molecule has 90 valence electrons. The molecule has 0 saturated carbocycles. The van der Waals surface area contributed by atoms with Gasteiger partial charge in [0.15, 0.2) is 0 Å². The number of rotatable bonds is 2. The monoisotopic (exact) mass is 244 g/mol. The second-order valence-electron chi connectivity index (χ2n) is 3.31. The molecule has 0 saturated heterocycles. The summed E-state index contributed by atoms with van der Waals surface area (Å²) in [5.74, 6) is -1.54. The summed E-state index contributed by atoms with van der Waals surface area (Å²) in [7, 11) is 0. The second kappa shape index (κ2) is 4.08. The van der Waals surface area contributed by atoms with Crippen LogP contribution in [0.1, 0.15) is 17.3 Å². The van der Waals surface area contributed by atoms with E-state index < -0.39 is 12.0 Å². The van der Waals surface area contributed by atoms with Gasteiger partial charge in [-0.2, -0.15) is 18.2 Å². The average Bonchev–Trinajstić information content (AvgIpc) is 2.69. The molecule has 0 radical (unpaired) electrons. The van der Waals surface area contributed by atoms with Gasteiger partial charge in [0.25, 0.3) is 5.82 Å². The third kappa shape index (κ3) is 2.55. The fourth-order valence-electron chi connectivity index (χ4n) is 1.27. The molecule has 1 heterocycles. The van der Waals surface area contributed by atoms with E-state index in [0.717, 1.165) is 0 Å². The summed E-state index contributed by atoms with van der Waals surface area (Å²) in [5, 5.41) is 12.2. The molecule has 0 amide bonds. The van der Waals surface area contributed by atoms with Crippen LogP contribution in [0.15, 0.2) is 28.8 Å². The predicted molar refractivity (Wildman–Crippen MR) is 50.2 cm³/mol. The molecule has 4 nitrogen and oxygen atoms in total. The first-order chi connectivity index (χ1) is 7.97. The number of nitrogens with zero attached hydrogens (tertiary/aromatic N) is 2. The molecule has 0 unspecified atom stereocenters. The Bertz CT molecular complexity index is 522. The number of benzene rings is 1. The van der Waals surface area contributed by atoms with E-state index in [1.54, 1.807) is 18.2 Å². The number of hydrogen-bond donors (Lipinski definition) is 1. The van der Waals surface area contributed by atoms with Crippen molar-refractivity contribution in [2.75, 3.05) is 0 Å². The summed E-state index contributed by atoms with van der Waals surface area (Å²) in [5.41, 5.74) is 0.421. The van der Waals surface area contributed by atoms with Gasteiger partial charge in [0.1, 0.15) is 5.75 Å². The van der Waals surface area contributed by atoms with Crippen molar-refractivity contribution in [2.24, 2.45) is 0 Å².